The molecule has 10 heteroatoms. The van der Waals surface area contributed by atoms with Crippen LogP contribution < -0.4 is 10.0 Å². The predicted molar refractivity (Wildman–Crippen MR) is 115 cm³/mol. The Bertz CT molecular complexity index is 1110. The highest BCUT2D eigenvalue weighted by Crippen LogP contribution is 2.15. The third-order valence-electron chi connectivity index (χ3n) is 4.31. The summed E-state index contributed by atoms with van der Waals surface area (Å²) in [6.07, 6.45) is 3.76. The number of sulfonamides is 1. The summed E-state index contributed by atoms with van der Waals surface area (Å²) < 4.78 is 32.2. The van der Waals surface area contributed by atoms with Crippen LogP contribution in [0.15, 0.2) is 53.3 Å². The SMILES string of the molecule is CC(C)NS(=O)(=O)Cc1ccccc1CNC(=O)CCc1nc(-c2cccnc2)no1. The molecule has 0 fully saturated rings. The molecule has 0 bridgehead atoms. The monoisotopic (exact) mass is 443 g/mol. The van der Waals surface area contributed by atoms with Gasteiger partial charge in [-0.25, -0.2) is 13.1 Å². The van der Waals surface area contributed by atoms with Gasteiger partial charge in [-0.15, -0.1) is 0 Å². The number of benzene rings is 1. The van der Waals surface area contributed by atoms with Crippen LogP contribution in [0.4, 0.5) is 0 Å². The molecule has 2 N–H and O–H groups in total. The fourth-order valence-electron chi connectivity index (χ4n) is 2.95. The average molecular weight is 444 g/mol. The maximum Gasteiger partial charge on any atom is 0.227 e. The first-order valence-corrected chi connectivity index (χ1v) is 11.5. The second-order valence-electron chi connectivity index (χ2n) is 7.33. The van der Waals surface area contributed by atoms with Crippen molar-refractivity contribution in [2.45, 2.75) is 45.0 Å². The van der Waals surface area contributed by atoms with Gasteiger partial charge in [-0.3, -0.25) is 9.78 Å². The highest BCUT2D eigenvalue weighted by Gasteiger charge is 2.16. The van der Waals surface area contributed by atoms with Crippen molar-refractivity contribution in [3.05, 3.63) is 65.8 Å². The Kier molecular flexibility index (Phi) is 7.48. The lowest BCUT2D eigenvalue weighted by atomic mass is 10.1. The minimum Gasteiger partial charge on any atom is -0.352 e. The summed E-state index contributed by atoms with van der Waals surface area (Å²) in [6, 6.07) is 10.6. The van der Waals surface area contributed by atoms with Gasteiger partial charge in [0.2, 0.25) is 27.6 Å². The first-order chi connectivity index (χ1) is 14.8. The largest absolute Gasteiger partial charge is 0.352 e. The number of carbonyl (C=O) groups excluding carboxylic acids is 1. The third-order valence-corrected chi connectivity index (χ3v) is 5.83. The molecular weight excluding hydrogens is 418 g/mol. The lowest BCUT2D eigenvalue weighted by Crippen LogP contribution is -2.32. The van der Waals surface area contributed by atoms with Crippen LogP contribution in [-0.4, -0.2) is 35.5 Å². The number of aryl methyl sites for hydroxylation is 1. The van der Waals surface area contributed by atoms with Crippen LogP contribution in [-0.2, 0) is 33.5 Å². The molecule has 2 heterocycles. The van der Waals surface area contributed by atoms with E-state index in [4.69, 9.17) is 4.52 Å². The maximum atomic E-state index is 12.3. The van der Waals surface area contributed by atoms with Crippen LogP contribution >= 0.6 is 0 Å². The molecule has 164 valence electrons. The molecule has 9 nitrogen and oxygen atoms in total. The van der Waals surface area contributed by atoms with E-state index < -0.39 is 10.0 Å². The Morgan fingerprint density at radius 1 is 1.13 bits per heavy atom. The molecule has 0 atom stereocenters. The second kappa shape index (κ2) is 10.3. The number of aromatic nitrogens is 3. The topological polar surface area (TPSA) is 127 Å². The number of nitrogens with zero attached hydrogens (tertiary/aromatic N) is 3. The Balaban J connectivity index is 1.53. The van der Waals surface area contributed by atoms with Crippen molar-refractivity contribution >= 4 is 15.9 Å². The molecule has 1 amide bonds. The minimum atomic E-state index is -3.46. The lowest BCUT2D eigenvalue weighted by molar-refractivity contribution is -0.121. The summed E-state index contributed by atoms with van der Waals surface area (Å²) in [5, 5.41) is 6.72. The van der Waals surface area contributed by atoms with E-state index in [1.54, 1.807) is 50.5 Å². The van der Waals surface area contributed by atoms with Gasteiger partial charge >= 0.3 is 0 Å². The smallest absolute Gasteiger partial charge is 0.227 e. The summed E-state index contributed by atoms with van der Waals surface area (Å²) in [4.78, 5) is 20.6. The predicted octanol–water partition coefficient (Wildman–Crippen LogP) is 2.21. The summed E-state index contributed by atoms with van der Waals surface area (Å²) in [7, 11) is -3.46. The third kappa shape index (κ3) is 6.97. The molecule has 0 unspecified atom stereocenters. The Morgan fingerprint density at radius 3 is 2.61 bits per heavy atom. The zero-order chi connectivity index (χ0) is 22.3. The molecule has 1 aromatic carbocycles. The van der Waals surface area contributed by atoms with Gasteiger partial charge in [0.1, 0.15) is 0 Å². The van der Waals surface area contributed by atoms with Crippen molar-refractivity contribution in [2.75, 3.05) is 0 Å². The van der Waals surface area contributed by atoms with E-state index in [9.17, 15) is 13.2 Å². The number of nitrogens with one attached hydrogen (secondary N) is 2. The molecule has 0 aliphatic heterocycles. The molecular formula is C21H25N5O4S. The van der Waals surface area contributed by atoms with Gasteiger partial charge in [0.15, 0.2) is 0 Å². The van der Waals surface area contributed by atoms with Crippen molar-refractivity contribution in [2.24, 2.45) is 0 Å². The van der Waals surface area contributed by atoms with Gasteiger partial charge in [0.25, 0.3) is 0 Å². The number of amides is 1. The Hall–Kier alpha value is -3.11. The number of carbonyl (C=O) groups is 1. The first kappa shape index (κ1) is 22.6. The molecule has 0 spiro atoms. The van der Waals surface area contributed by atoms with Gasteiger partial charge in [-0.1, -0.05) is 29.4 Å². The second-order valence-corrected chi connectivity index (χ2v) is 9.08. The van der Waals surface area contributed by atoms with Gasteiger partial charge in [0.05, 0.1) is 5.75 Å². The van der Waals surface area contributed by atoms with Crippen molar-refractivity contribution in [3.63, 3.8) is 0 Å². The summed E-state index contributed by atoms with van der Waals surface area (Å²) in [5.74, 6) is 0.448. The van der Waals surface area contributed by atoms with Crippen LogP contribution in [0.5, 0.6) is 0 Å². The molecule has 3 rings (SSSR count). The Labute approximate surface area is 181 Å². The fraction of sp³-hybridized carbons (Fsp3) is 0.333. The summed E-state index contributed by atoms with van der Waals surface area (Å²) in [6.45, 7) is 3.77. The standard InChI is InChI=1S/C21H25N5O4S/c1-15(2)26-31(28,29)14-18-7-4-3-6-16(18)13-23-19(27)9-10-20-24-21(25-30-20)17-8-5-11-22-12-17/h3-8,11-12,15,26H,9-10,13-14H2,1-2H3,(H,23,27). The van der Waals surface area contributed by atoms with Crippen molar-refractivity contribution < 1.29 is 17.7 Å². The van der Waals surface area contributed by atoms with E-state index >= 15 is 0 Å². The van der Waals surface area contributed by atoms with Gasteiger partial charge in [0, 0.05) is 43.4 Å². The maximum absolute atomic E-state index is 12.3. The summed E-state index contributed by atoms with van der Waals surface area (Å²) >= 11 is 0. The normalized spacial score (nSPS) is 11.6. The molecule has 0 aliphatic rings. The molecule has 0 radical (unpaired) electrons. The zero-order valence-electron chi connectivity index (χ0n) is 17.4. The zero-order valence-corrected chi connectivity index (χ0v) is 18.2. The lowest BCUT2D eigenvalue weighted by Gasteiger charge is -2.13. The molecule has 3 aromatic rings. The van der Waals surface area contributed by atoms with Crippen molar-refractivity contribution in [3.8, 4) is 11.4 Å². The Morgan fingerprint density at radius 2 is 1.90 bits per heavy atom. The van der Waals surface area contributed by atoms with Crippen molar-refractivity contribution in [1.29, 1.82) is 0 Å². The number of hydrogen-bond donors (Lipinski definition) is 2. The van der Waals surface area contributed by atoms with E-state index in [1.165, 1.54) is 0 Å². The minimum absolute atomic E-state index is 0.143. The molecule has 0 saturated carbocycles. The van der Waals surface area contributed by atoms with E-state index in [1.807, 2.05) is 12.1 Å². The number of rotatable bonds is 10. The molecule has 2 aromatic heterocycles. The first-order valence-electron chi connectivity index (χ1n) is 9.89. The molecule has 0 saturated heterocycles. The molecule has 31 heavy (non-hydrogen) atoms. The van der Waals surface area contributed by atoms with E-state index in [0.29, 0.717) is 23.7 Å². The van der Waals surface area contributed by atoms with E-state index in [0.717, 1.165) is 11.1 Å². The van der Waals surface area contributed by atoms with Gasteiger partial charge in [-0.05, 0) is 37.1 Å². The molecule has 0 aliphatic carbocycles. The summed E-state index contributed by atoms with van der Waals surface area (Å²) in [5.41, 5.74) is 2.14. The quantitative estimate of drug-likeness (QED) is 0.492. The van der Waals surface area contributed by atoms with Crippen LogP contribution in [0.1, 0.15) is 37.3 Å². The average Bonchev–Trinajstić information content (AvgIpc) is 3.20. The fourth-order valence-corrected chi connectivity index (χ4v) is 4.44. The van der Waals surface area contributed by atoms with Crippen LogP contribution in [0.2, 0.25) is 0 Å². The van der Waals surface area contributed by atoms with E-state index in [2.05, 4.69) is 25.2 Å². The number of hydrogen-bond acceptors (Lipinski definition) is 7. The number of pyridine rings is 1. The van der Waals surface area contributed by atoms with Crippen LogP contribution in [0.3, 0.4) is 0 Å². The highest BCUT2D eigenvalue weighted by molar-refractivity contribution is 7.88. The van der Waals surface area contributed by atoms with Crippen molar-refractivity contribution in [1.82, 2.24) is 25.2 Å². The van der Waals surface area contributed by atoms with E-state index in [-0.39, 0.29) is 30.7 Å². The van der Waals surface area contributed by atoms with Crippen LogP contribution in [0.25, 0.3) is 11.4 Å². The highest BCUT2D eigenvalue weighted by atomic mass is 32.2. The van der Waals surface area contributed by atoms with Gasteiger partial charge < -0.3 is 9.84 Å². The van der Waals surface area contributed by atoms with Gasteiger partial charge in [-0.2, -0.15) is 4.98 Å². The van der Waals surface area contributed by atoms with Crippen LogP contribution in [0, 0.1) is 0 Å².